The van der Waals surface area contributed by atoms with Gasteiger partial charge in [-0.05, 0) is 17.5 Å². The van der Waals surface area contributed by atoms with Gasteiger partial charge in [-0.25, -0.2) is 9.97 Å². The van der Waals surface area contributed by atoms with Crippen molar-refractivity contribution in [3.05, 3.63) is 53.6 Å². The monoisotopic (exact) mass is 243 g/mol. The number of hydrogen-bond acceptors (Lipinski definition) is 5. The van der Waals surface area contributed by atoms with E-state index in [1.54, 1.807) is 29.9 Å². The van der Waals surface area contributed by atoms with Crippen LogP contribution in [-0.2, 0) is 0 Å². The van der Waals surface area contributed by atoms with Gasteiger partial charge in [-0.1, -0.05) is 0 Å². The van der Waals surface area contributed by atoms with Crippen molar-refractivity contribution in [3.8, 4) is 0 Å². The van der Waals surface area contributed by atoms with Gasteiger partial charge in [0.25, 0.3) is 0 Å². The number of rotatable bonds is 2. The second-order valence-corrected chi connectivity index (χ2v) is 4.59. The molecule has 0 aromatic carbocycles. The van der Waals surface area contributed by atoms with Crippen LogP contribution >= 0.6 is 11.3 Å². The van der Waals surface area contributed by atoms with Crippen molar-refractivity contribution in [1.29, 1.82) is 0 Å². The van der Waals surface area contributed by atoms with E-state index in [0.29, 0.717) is 5.56 Å². The van der Waals surface area contributed by atoms with Gasteiger partial charge in [-0.3, -0.25) is 4.98 Å². The van der Waals surface area contributed by atoms with Crippen LogP contribution in [-0.4, -0.2) is 20.1 Å². The maximum atomic E-state index is 10.2. The van der Waals surface area contributed by atoms with E-state index in [-0.39, 0.29) is 0 Å². The minimum atomic E-state index is -0.727. The highest BCUT2D eigenvalue weighted by Gasteiger charge is 2.12. The molecule has 0 fully saturated rings. The van der Waals surface area contributed by atoms with Gasteiger partial charge in [-0.2, -0.15) is 0 Å². The topological polar surface area (TPSA) is 58.9 Å². The van der Waals surface area contributed by atoms with Crippen molar-refractivity contribution in [2.75, 3.05) is 0 Å². The Balaban J connectivity index is 2.03. The Morgan fingerprint density at radius 2 is 1.94 bits per heavy atom. The van der Waals surface area contributed by atoms with Crippen LogP contribution in [0.25, 0.3) is 10.2 Å². The van der Waals surface area contributed by atoms with Crippen molar-refractivity contribution >= 4 is 21.6 Å². The summed E-state index contributed by atoms with van der Waals surface area (Å²) in [6, 6.07) is 3.91. The molecule has 0 spiro atoms. The van der Waals surface area contributed by atoms with E-state index in [0.717, 1.165) is 15.8 Å². The van der Waals surface area contributed by atoms with Crippen LogP contribution in [0.2, 0.25) is 0 Å². The minimum Gasteiger partial charge on any atom is -0.383 e. The van der Waals surface area contributed by atoms with E-state index in [1.165, 1.54) is 6.33 Å². The lowest BCUT2D eigenvalue weighted by Gasteiger charge is -2.09. The molecule has 0 aliphatic heterocycles. The summed E-state index contributed by atoms with van der Waals surface area (Å²) in [4.78, 5) is 12.1. The molecule has 1 N–H and O–H groups in total. The summed E-state index contributed by atoms with van der Waals surface area (Å²) in [5, 5.41) is 12.2. The summed E-state index contributed by atoms with van der Waals surface area (Å²) in [5.74, 6) is 0. The van der Waals surface area contributed by atoms with Gasteiger partial charge in [0.2, 0.25) is 0 Å². The molecular weight excluding hydrogens is 234 g/mol. The number of aromatic nitrogens is 3. The van der Waals surface area contributed by atoms with Gasteiger partial charge in [0.05, 0.1) is 10.2 Å². The molecule has 0 radical (unpaired) electrons. The van der Waals surface area contributed by atoms with Gasteiger partial charge < -0.3 is 5.11 Å². The smallest absolute Gasteiger partial charge is 0.115 e. The molecule has 0 amide bonds. The average molecular weight is 243 g/mol. The fourth-order valence-electron chi connectivity index (χ4n) is 1.66. The molecule has 5 heteroatoms. The van der Waals surface area contributed by atoms with Crippen LogP contribution in [0.1, 0.15) is 17.2 Å². The lowest BCUT2D eigenvalue weighted by molar-refractivity contribution is 0.219. The molecule has 3 aromatic rings. The molecule has 84 valence electrons. The van der Waals surface area contributed by atoms with Crippen LogP contribution in [0, 0.1) is 0 Å². The Hall–Kier alpha value is -1.85. The summed E-state index contributed by atoms with van der Waals surface area (Å²) in [5.41, 5.74) is 2.38. The average Bonchev–Trinajstić information content (AvgIpc) is 2.86. The lowest BCUT2D eigenvalue weighted by Crippen LogP contribution is -2.01. The highest BCUT2D eigenvalue weighted by Crippen LogP contribution is 2.25. The highest BCUT2D eigenvalue weighted by molar-refractivity contribution is 7.17. The quantitative estimate of drug-likeness (QED) is 0.749. The largest absolute Gasteiger partial charge is 0.383 e. The third-order valence-electron chi connectivity index (χ3n) is 2.54. The predicted octanol–water partition coefficient (Wildman–Crippen LogP) is 2.17. The van der Waals surface area contributed by atoms with Gasteiger partial charge in [0.15, 0.2) is 0 Å². The van der Waals surface area contributed by atoms with Crippen molar-refractivity contribution in [2.24, 2.45) is 0 Å². The summed E-state index contributed by atoms with van der Waals surface area (Å²) in [6.45, 7) is 0. The van der Waals surface area contributed by atoms with Gasteiger partial charge in [0.1, 0.15) is 12.4 Å². The number of thiophene rings is 1. The van der Waals surface area contributed by atoms with Crippen molar-refractivity contribution in [2.45, 2.75) is 6.10 Å². The molecule has 1 atom stereocenters. The Morgan fingerprint density at radius 3 is 2.76 bits per heavy atom. The van der Waals surface area contributed by atoms with Crippen LogP contribution in [0.3, 0.4) is 0 Å². The molecule has 3 aromatic heterocycles. The minimum absolute atomic E-state index is 0.671. The maximum absolute atomic E-state index is 10.2. The fourth-order valence-corrected chi connectivity index (χ4v) is 2.44. The molecule has 3 rings (SSSR count). The predicted molar refractivity (Wildman–Crippen MR) is 65.7 cm³/mol. The summed E-state index contributed by atoms with van der Waals surface area (Å²) >= 11 is 1.61. The number of aliphatic hydroxyl groups is 1. The van der Waals surface area contributed by atoms with Crippen LogP contribution in [0.5, 0.6) is 0 Å². The lowest BCUT2D eigenvalue weighted by atomic mass is 10.1. The Labute approximate surface area is 102 Å². The molecule has 0 aliphatic carbocycles. The van der Waals surface area contributed by atoms with Crippen molar-refractivity contribution < 1.29 is 5.11 Å². The third-order valence-corrected chi connectivity index (χ3v) is 3.39. The summed E-state index contributed by atoms with van der Waals surface area (Å²) < 4.78 is 1.07. The first-order valence-corrected chi connectivity index (χ1v) is 5.99. The molecule has 3 heterocycles. The molecular formula is C12H9N3OS. The molecule has 0 saturated carbocycles. The molecule has 0 bridgehead atoms. The summed E-state index contributed by atoms with van der Waals surface area (Å²) in [6.07, 6.45) is 5.62. The molecule has 4 nitrogen and oxygen atoms in total. The molecule has 1 unspecified atom stereocenters. The summed E-state index contributed by atoms with van der Waals surface area (Å²) in [7, 11) is 0. The Kier molecular flexibility index (Phi) is 2.55. The van der Waals surface area contributed by atoms with E-state index in [4.69, 9.17) is 0 Å². The molecule has 0 saturated heterocycles. The number of pyridine rings is 1. The second-order valence-electron chi connectivity index (χ2n) is 3.65. The number of fused-ring (bicyclic) bond motifs is 1. The van der Waals surface area contributed by atoms with E-state index in [1.807, 2.05) is 17.5 Å². The van der Waals surface area contributed by atoms with E-state index in [2.05, 4.69) is 15.0 Å². The second kappa shape index (κ2) is 4.20. The highest BCUT2D eigenvalue weighted by atomic mass is 32.1. The van der Waals surface area contributed by atoms with Gasteiger partial charge in [-0.15, -0.1) is 11.3 Å². The zero-order valence-electron chi connectivity index (χ0n) is 8.82. The van der Waals surface area contributed by atoms with E-state index >= 15 is 0 Å². The zero-order valence-corrected chi connectivity index (χ0v) is 9.63. The van der Waals surface area contributed by atoms with E-state index < -0.39 is 6.10 Å². The number of aliphatic hydroxyl groups excluding tert-OH is 1. The fraction of sp³-hybridized carbons (Fsp3) is 0.0833. The zero-order chi connectivity index (χ0) is 11.7. The van der Waals surface area contributed by atoms with Crippen LogP contribution < -0.4 is 0 Å². The van der Waals surface area contributed by atoms with Crippen LogP contribution in [0.4, 0.5) is 0 Å². The Morgan fingerprint density at radius 1 is 1.12 bits per heavy atom. The van der Waals surface area contributed by atoms with Crippen LogP contribution in [0.15, 0.2) is 42.4 Å². The Bertz CT molecular complexity index is 638. The first-order valence-electron chi connectivity index (χ1n) is 5.11. The van der Waals surface area contributed by atoms with Gasteiger partial charge in [0, 0.05) is 29.7 Å². The first kappa shape index (κ1) is 10.3. The maximum Gasteiger partial charge on any atom is 0.115 e. The number of nitrogens with zero attached hydrogens (tertiary/aromatic N) is 3. The molecule has 0 aliphatic rings. The first-order chi connectivity index (χ1) is 8.34. The van der Waals surface area contributed by atoms with Crippen molar-refractivity contribution in [1.82, 2.24) is 15.0 Å². The number of hydrogen-bond donors (Lipinski definition) is 1. The normalized spacial score (nSPS) is 12.8. The van der Waals surface area contributed by atoms with E-state index in [9.17, 15) is 5.11 Å². The third kappa shape index (κ3) is 1.90. The molecule has 17 heavy (non-hydrogen) atoms. The van der Waals surface area contributed by atoms with Crippen molar-refractivity contribution in [3.63, 3.8) is 0 Å². The van der Waals surface area contributed by atoms with Gasteiger partial charge >= 0.3 is 0 Å². The standard InChI is InChI=1S/C12H9N3OS/c16-12(9-4-13-7-14-5-9)8-3-11-10(15-6-8)1-2-17-11/h1-7,12,16H. The SMILES string of the molecule is OC(c1cncnc1)c1cnc2ccsc2c1.